The molecule has 2 aromatic rings. The number of nitrogens with one attached hydrogen (secondary N) is 1. The molecule has 0 bridgehead atoms. The van der Waals surface area contributed by atoms with E-state index in [1.165, 1.54) is 17.2 Å². The molecule has 0 radical (unpaired) electrons. The summed E-state index contributed by atoms with van der Waals surface area (Å²) in [5.41, 5.74) is 2.49. The van der Waals surface area contributed by atoms with Crippen LogP contribution in [0.1, 0.15) is 6.23 Å². The van der Waals surface area contributed by atoms with E-state index in [1.54, 1.807) is 0 Å². The minimum atomic E-state index is -1.23. The highest BCUT2D eigenvalue weighted by atomic mass is 16.6. The molecule has 0 aromatic carbocycles. The molecular formula is C10H13N5O5. The summed E-state index contributed by atoms with van der Waals surface area (Å²) < 4.78 is 6.79. The van der Waals surface area contributed by atoms with Gasteiger partial charge in [-0.1, -0.05) is 0 Å². The molecule has 4 atom stereocenters. The number of hydrogen-bond donors (Lipinski definition) is 5. The summed E-state index contributed by atoms with van der Waals surface area (Å²) in [6.07, 6.45) is -1.70. The van der Waals surface area contributed by atoms with Crippen LogP contribution in [0.5, 0.6) is 0 Å². The molecule has 1 aliphatic rings. The average molecular weight is 283 g/mol. The molecule has 0 amide bonds. The zero-order valence-electron chi connectivity index (χ0n) is 10.2. The fourth-order valence-corrected chi connectivity index (χ4v) is 2.23. The summed E-state index contributed by atoms with van der Waals surface area (Å²) in [5, 5.41) is 37.7. The monoisotopic (exact) mass is 283 g/mol. The Morgan fingerprint density at radius 2 is 2.05 bits per heavy atom. The first-order chi connectivity index (χ1) is 9.67. The molecule has 1 saturated heterocycles. The third kappa shape index (κ3) is 1.82. The highest BCUT2D eigenvalue weighted by Gasteiger charge is 2.43. The third-order valence-corrected chi connectivity index (χ3v) is 3.26. The predicted molar refractivity (Wildman–Crippen MR) is 63.7 cm³/mol. The molecule has 108 valence electrons. The van der Waals surface area contributed by atoms with Gasteiger partial charge in [-0.3, -0.25) is 15.3 Å². The summed E-state index contributed by atoms with van der Waals surface area (Å²) in [4.78, 5) is 11.8. The average Bonchev–Trinajstić information content (AvgIpc) is 3.01. The Kier molecular flexibility index (Phi) is 3.23. The van der Waals surface area contributed by atoms with E-state index in [4.69, 9.17) is 15.1 Å². The number of aliphatic hydroxyl groups excluding tert-OH is 3. The van der Waals surface area contributed by atoms with Gasteiger partial charge in [0.15, 0.2) is 23.2 Å². The van der Waals surface area contributed by atoms with Crippen molar-refractivity contribution in [3.8, 4) is 0 Å². The van der Waals surface area contributed by atoms with E-state index in [0.717, 1.165) is 0 Å². The lowest BCUT2D eigenvalue weighted by Crippen LogP contribution is -2.33. The molecule has 3 rings (SSSR count). The van der Waals surface area contributed by atoms with Crippen LogP contribution >= 0.6 is 0 Å². The van der Waals surface area contributed by atoms with Gasteiger partial charge in [0.25, 0.3) is 0 Å². The van der Waals surface area contributed by atoms with Crippen molar-refractivity contribution in [3.63, 3.8) is 0 Å². The first kappa shape index (κ1) is 13.1. The predicted octanol–water partition coefficient (Wildman–Crippen LogP) is -1.76. The highest BCUT2D eigenvalue weighted by molar-refractivity contribution is 5.82. The van der Waals surface area contributed by atoms with Crippen molar-refractivity contribution in [2.45, 2.75) is 24.5 Å². The molecule has 10 heteroatoms. The van der Waals surface area contributed by atoms with Gasteiger partial charge in [0.2, 0.25) is 0 Å². The van der Waals surface area contributed by atoms with Gasteiger partial charge in [-0.2, -0.15) is 0 Å². The molecular weight excluding hydrogens is 270 g/mol. The molecule has 10 nitrogen and oxygen atoms in total. The van der Waals surface area contributed by atoms with Gasteiger partial charge >= 0.3 is 0 Å². The fourth-order valence-electron chi connectivity index (χ4n) is 2.23. The van der Waals surface area contributed by atoms with Gasteiger partial charge < -0.3 is 20.1 Å². The second kappa shape index (κ2) is 4.92. The number of hydrogen-bond acceptors (Lipinski definition) is 9. The van der Waals surface area contributed by atoms with Crippen molar-refractivity contribution in [2.24, 2.45) is 0 Å². The van der Waals surface area contributed by atoms with Gasteiger partial charge in [0.1, 0.15) is 24.6 Å². The minimum Gasteiger partial charge on any atom is -0.394 e. The Bertz CT molecular complexity index is 619. The number of fused-ring (bicyclic) bond motifs is 1. The maximum atomic E-state index is 9.97. The van der Waals surface area contributed by atoms with Gasteiger partial charge in [0, 0.05) is 0 Å². The zero-order valence-corrected chi connectivity index (χ0v) is 10.2. The first-order valence-electron chi connectivity index (χ1n) is 5.87. The third-order valence-electron chi connectivity index (χ3n) is 3.26. The van der Waals surface area contributed by atoms with Gasteiger partial charge in [-0.25, -0.2) is 15.0 Å². The van der Waals surface area contributed by atoms with E-state index < -0.39 is 31.1 Å². The van der Waals surface area contributed by atoms with Gasteiger partial charge in [-0.05, 0) is 0 Å². The van der Waals surface area contributed by atoms with E-state index in [0.29, 0.717) is 5.65 Å². The maximum absolute atomic E-state index is 9.97. The van der Waals surface area contributed by atoms with Gasteiger partial charge in [0.05, 0.1) is 12.9 Å². The molecule has 5 N–H and O–H groups in total. The Balaban J connectivity index is 2.03. The number of rotatable bonds is 3. The topological polar surface area (TPSA) is 146 Å². The van der Waals surface area contributed by atoms with Gasteiger partial charge in [-0.15, -0.1) is 0 Å². The Hall–Kier alpha value is -1.85. The molecule has 0 unspecified atom stereocenters. The van der Waals surface area contributed by atoms with Crippen LogP contribution in [-0.2, 0) is 4.74 Å². The first-order valence-corrected chi connectivity index (χ1v) is 5.87. The molecule has 0 aliphatic carbocycles. The summed E-state index contributed by atoms with van der Waals surface area (Å²) in [6, 6.07) is 0. The lowest BCUT2D eigenvalue weighted by atomic mass is 10.1. The molecule has 3 heterocycles. The largest absolute Gasteiger partial charge is 0.394 e. The standard InChI is InChI=1S/C10H13N5O5/c16-1-4-6(17)7(18)10(20-4)15-3-13-5-8(14-19)11-2-12-9(5)15/h2-4,6-7,10,16-19H,1H2,(H,11,12,14)/t4-,6+,7-,10-/m1/s1. The number of imidazole rings is 1. The number of ether oxygens (including phenoxy) is 1. The van der Waals surface area contributed by atoms with Crippen molar-refractivity contribution in [2.75, 3.05) is 12.1 Å². The SMILES string of the molecule is OC[C@H]1O[C@@H](n2cnc3c(NO)ncnc32)[C@H](O)[C@H]1O. The lowest BCUT2D eigenvalue weighted by molar-refractivity contribution is -0.0511. The summed E-state index contributed by atoms with van der Waals surface area (Å²) in [7, 11) is 0. The molecule has 20 heavy (non-hydrogen) atoms. The fraction of sp³-hybridized carbons (Fsp3) is 0.500. The van der Waals surface area contributed by atoms with E-state index in [9.17, 15) is 10.2 Å². The molecule has 1 aliphatic heterocycles. The zero-order chi connectivity index (χ0) is 14.3. The smallest absolute Gasteiger partial charge is 0.181 e. The Morgan fingerprint density at radius 3 is 2.70 bits per heavy atom. The van der Waals surface area contributed by atoms with Crippen LogP contribution in [0.2, 0.25) is 0 Å². The van der Waals surface area contributed by atoms with E-state index in [2.05, 4.69) is 15.0 Å². The van der Waals surface area contributed by atoms with E-state index >= 15 is 0 Å². The molecule has 0 spiro atoms. The molecule has 0 saturated carbocycles. The summed E-state index contributed by atoms with van der Waals surface area (Å²) in [5.74, 6) is 0.112. The van der Waals surface area contributed by atoms with E-state index in [-0.39, 0.29) is 11.3 Å². The van der Waals surface area contributed by atoms with E-state index in [1.807, 2.05) is 5.48 Å². The quantitative estimate of drug-likeness (QED) is 0.413. The minimum absolute atomic E-state index is 0.112. The van der Waals surface area contributed by atoms with Crippen molar-refractivity contribution in [1.82, 2.24) is 19.5 Å². The summed E-state index contributed by atoms with van der Waals surface area (Å²) in [6.45, 7) is -0.417. The maximum Gasteiger partial charge on any atom is 0.181 e. The van der Waals surface area contributed by atoms with Crippen LogP contribution in [0.15, 0.2) is 12.7 Å². The normalized spacial score (nSPS) is 30.0. The second-order valence-corrected chi connectivity index (χ2v) is 4.39. The number of aliphatic hydroxyl groups is 3. The number of anilines is 1. The van der Waals surface area contributed by atoms with Crippen LogP contribution in [0.4, 0.5) is 5.82 Å². The van der Waals surface area contributed by atoms with Crippen LogP contribution in [0.25, 0.3) is 11.2 Å². The molecule has 1 fully saturated rings. The molecule has 2 aromatic heterocycles. The van der Waals surface area contributed by atoms with Crippen molar-refractivity contribution in [3.05, 3.63) is 12.7 Å². The van der Waals surface area contributed by atoms with Crippen molar-refractivity contribution >= 4 is 17.0 Å². The second-order valence-electron chi connectivity index (χ2n) is 4.39. The van der Waals surface area contributed by atoms with Crippen LogP contribution < -0.4 is 5.48 Å². The number of aromatic nitrogens is 4. The van der Waals surface area contributed by atoms with Crippen LogP contribution in [0.3, 0.4) is 0 Å². The van der Waals surface area contributed by atoms with Crippen LogP contribution in [0, 0.1) is 0 Å². The Labute approximate surface area is 112 Å². The Morgan fingerprint density at radius 1 is 1.25 bits per heavy atom. The van der Waals surface area contributed by atoms with Crippen LogP contribution in [-0.4, -0.2) is 65.0 Å². The highest BCUT2D eigenvalue weighted by Crippen LogP contribution is 2.31. The number of nitrogens with zero attached hydrogens (tertiary/aromatic N) is 4. The lowest BCUT2D eigenvalue weighted by Gasteiger charge is -2.16. The van der Waals surface area contributed by atoms with Crippen molar-refractivity contribution in [1.29, 1.82) is 0 Å². The van der Waals surface area contributed by atoms with Crippen molar-refractivity contribution < 1.29 is 25.3 Å². The summed E-state index contributed by atoms with van der Waals surface area (Å²) >= 11 is 0.